The lowest BCUT2D eigenvalue weighted by molar-refractivity contribution is 0.0721. The summed E-state index contributed by atoms with van der Waals surface area (Å²) in [7, 11) is 2.86. The molecular weight excluding hydrogens is 296 g/mol. The summed E-state index contributed by atoms with van der Waals surface area (Å²) in [5, 5.41) is 0. The van der Waals surface area contributed by atoms with E-state index in [1.165, 1.54) is 55.5 Å². The molecule has 0 heterocycles. The van der Waals surface area contributed by atoms with Gasteiger partial charge >= 0.3 is 16.6 Å². The molecule has 0 aliphatic heterocycles. The van der Waals surface area contributed by atoms with Gasteiger partial charge in [-0.1, -0.05) is 40.5 Å². The van der Waals surface area contributed by atoms with Crippen LogP contribution in [0.5, 0.6) is 0 Å². The molecule has 8 heteroatoms. The van der Waals surface area contributed by atoms with E-state index in [9.17, 15) is 0 Å². The fourth-order valence-electron chi connectivity index (χ4n) is 1.25. The second-order valence-electron chi connectivity index (χ2n) is 3.34. The summed E-state index contributed by atoms with van der Waals surface area (Å²) in [5.74, 6) is 0. The highest BCUT2D eigenvalue weighted by atomic mass is 29.3. The number of rotatable bonds is 8. The van der Waals surface area contributed by atoms with Crippen molar-refractivity contribution < 1.29 is 26.6 Å². The van der Waals surface area contributed by atoms with Crippen LogP contribution in [0.3, 0.4) is 0 Å². The fourth-order valence-corrected chi connectivity index (χ4v) is 8.25. The highest BCUT2D eigenvalue weighted by Gasteiger charge is 2.70. The zero-order valence-electron chi connectivity index (χ0n) is 14.9. The van der Waals surface area contributed by atoms with E-state index in [2.05, 4.69) is 13.8 Å². The molecule has 0 atom stereocenters. The quantitative estimate of drug-likeness (QED) is 0.638. The molecule has 0 aliphatic carbocycles. The molecule has 0 saturated heterocycles. The average molecular weight is 331 g/mol. The summed E-state index contributed by atoms with van der Waals surface area (Å²) in [6, 6.07) is 0. The SMILES string of the molecule is CC.CCCC.CO[Si](OC)(OC)[Si](OC)(OC)OC. The molecule has 0 saturated carbocycles. The molecule has 0 aromatic rings. The minimum absolute atomic E-state index is 1.32. The van der Waals surface area contributed by atoms with Crippen LogP contribution >= 0.6 is 0 Å². The molecule has 6 nitrogen and oxygen atoms in total. The lowest BCUT2D eigenvalue weighted by atomic mass is 10.4. The van der Waals surface area contributed by atoms with E-state index in [0.717, 1.165) is 0 Å². The van der Waals surface area contributed by atoms with Crippen molar-refractivity contribution in [1.82, 2.24) is 0 Å². The van der Waals surface area contributed by atoms with E-state index in [1.807, 2.05) is 13.8 Å². The highest BCUT2D eigenvalue weighted by molar-refractivity contribution is 7.26. The van der Waals surface area contributed by atoms with Crippen molar-refractivity contribution in [2.24, 2.45) is 0 Å². The first kappa shape index (κ1) is 25.2. The van der Waals surface area contributed by atoms with Gasteiger partial charge in [0.05, 0.1) is 0 Å². The van der Waals surface area contributed by atoms with Gasteiger partial charge in [0.1, 0.15) is 0 Å². The van der Waals surface area contributed by atoms with Crippen LogP contribution in [0.15, 0.2) is 0 Å². The third-order valence-corrected chi connectivity index (χ3v) is 12.4. The molecular formula is C12H34O6Si2. The molecule has 0 fully saturated rings. The molecule has 0 aliphatic rings. The summed E-state index contributed by atoms with van der Waals surface area (Å²) in [6.07, 6.45) is 2.64. The zero-order valence-corrected chi connectivity index (χ0v) is 16.9. The number of hydrogen-bond donors (Lipinski definition) is 0. The summed E-state index contributed by atoms with van der Waals surface area (Å²) >= 11 is 0. The van der Waals surface area contributed by atoms with Gasteiger partial charge in [0.15, 0.2) is 0 Å². The van der Waals surface area contributed by atoms with Gasteiger partial charge in [0.25, 0.3) is 0 Å². The van der Waals surface area contributed by atoms with Crippen molar-refractivity contribution in [1.29, 1.82) is 0 Å². The molecule has 20 heavy (non-hydrogen) atoms. The lowest BCUT2D eigenvalue weighted by Gasteiger charge is -2.35. The molecule has 0 rings (SSSR count). The van der Waals surface area contributed by atoms with Crippen molar-refractivity contribution in [2.75, 3.05) is 42.7 Å². The zero-order chi connectivity index (χ0) is 16.7. The maximum absolute atomic E-state index is 5.26. The Hall–Kier alpha value is 0.194. The Kier molecular flexibility index (Phi) is 19.6. The monoisotopic (exact) mass is 330 g/mol. The Labute approximate surface area is 127 Å². The van der Waals surface area contributed by atoms with Crippen LogP contribution in [-0.4, -0.2) is 59.3 Å². The summed E-state index contributed by atoms with van der Waals surface area (Å²) in [5.41, 5.74) is 0. The van der Waals surface area contributed by atoms with Crippen LogP contribution in [0.4, 0.5) is 0 Å². The summed E-state index contributed by atoms with van der Waals surface area (Å²) in [6.45, 7) is 8.36. The van der Waals surface area contributed by atoms with E-state index < -0.39 is 16.6 Å². The van der Waals surface area contributed by atoms with Gasteiger partial charge < -0.3 is 26.6 Å². The predicted molar refractivity (Wildman–Crippen MR) is 85.5 cm³/mol. The third-order valence-electron chi connectivity index (χ3n) is 2.49. The van der Waals surface area contributed by atoms with Gasteiger partial charge in [-0.2, -0.15) is 0 Å². The molecule has 126 valence electrons. The molecule has 0 unspecified atom stereocenters. The normalized spacial score (nSPS) is 11.1. The predicted octanol–water partition coefficient (Wildman–Crippen LogP) is 2.65. The number of unbranched alkanes of at least 4 members (excludes halogenated alkanes) is 1. The van der Waals surface area contributed by atoms with Gasteiger partial charge in [-0.05, 0) is 0 Å². The molecule has 0 amide bonds. The van der Waals surface area contributed by atoms with Crippen LogP contribution in [0.25, 0.3) is 0 Å². The second kappa shape index (κ2) is 15.6. The Morgan fingerprint density at radius 1 is 0.500 bits per heavy atom. The maximum Gasteiger partial charge on any atom is 0.576 e. The minimum atomic E-state index is -3.02. The van der Waals surface area contributed by atoms with Crippen LogP contribution in [0, 0.1) is 0 Å². The first-order valence-electron chi connectivity index (χ1n) is 6.84. The standard InChI is InChI=1S/C6H18O6Si2.C4H10.C2H6/c1-7-13(8-2,9-3)14(10-4,11-5)12-6;1-3-4-2;1-2/h1-6H3;3-4H2,1-2H3;1-2H3. The van der Waals surface area contributed by atoms with E-state index in [-0.39, 0.29) is 0 Å². The van der Waals surface area contributed by atoms with Gasteiger partial charge in [-0.3, -0.25) is 0 Å². The van der Waals surface area contributed by atoms with E-state index in [0.29, 0.717) is 0 Å². The van der Waals surface area contributed by atoms with Crippen LogP contribution in [-0.2, 0) is 26.6 Å². The fraction of sp³-hybridized carbons (Fsp3) is 1.00. The topological polar surface area (TPSA) is 55.4 Å². The Bertz CT molecular complexity index is 150. The van der Waals surface area contributed by atoms with E-state index >= 15 is 0 Å². The Morgan fingerprint density at radius 2 is 0.650 bits per heavy atom. The summed E-state index contributed by atoms with van der Waals surface area (Å²) < 4.78 is 31.5. The van der Waals surface area contributed by atoms with Gasteiger partial charge in [-0.25, -0.2) is 0 Å². The van der Waals surface area contributed by atoms with Crippen molar-refractivity contribution in [3.05, 3.63) is 0 Å². The maximum atomic E-state index is 5.26. The average Bonchev–Trinajstić information content (AvgIpc) is 2.55. The van der Waals surface area contributed by atoms with E-state index in [4.69, 9.17) is 26.6 Å². The molecule has 0 aromatic carbocycles. The van der Waals surface area contributed by atoms with Crippen molar-refractivity contribution in [2.45, 2.75) is 40.5 Å². The second-order valence-corrected chi connectivity index (χ2v) is 11.7. The van der Waals surface area contributed by atoms with Gasteiger partial charge in [0.2, 0.25) is 0 Å². The molecule has 0 N–H and O–H groups in total. The van der Waals surface area contributed by atoms with Gasteiger partial charge in [0, 0.05) is 42.7 Å². The molecule has 0 aromatic heterocycles. The van der Waals surface area contributed by atoms with Crippen LogP contribution in [0.2, 0.25) is 0 Å². The molecule has 0 radical (unpaired) electrons. The largest absolute Gasteiger partial charge is 0.576 e. The number of hydrogen-bond acceptors (Lipinski definition) is 6. The Balaban J connectivity index is -0.000000410. The van der Waals surface area contributed by atoms with Crippen LogP contribution < -0.4 is 0 Å². The Morgan fingerprint density at radius 3 is 0.700 bits per heavy atom. The van der Waals surface area contributed by atoms with Crippen molar-refractivity contribution in [3.63, 3.8) is 0 Å². The smallest absolute Gasteiger partial charge is 0.375 e. The first-order valence-corrected chi connectivity index (χ1v) is 11.3. The van der Waals surface area contributed by atoms with Crippen molar-refractivity contribution in [3.8, 4) is 0 Å². The van der Waals surface area contributed by atoms with Crippen LogP contribution in [0.1, 0.15) is 40.5 Å². The van der Waals surface area contributed by atoms with Crippen molar-refractivity contribution >= 4 is 16.6 Å². The van der Waals surface area contributed by atoms with E-state index in [1.54, 1.807) is 0 Å². The third kappa shape index (κ3) is 6.77. The molecule has 0 bridgehead atoms. The highest BCUT2D eigenvalue weighted by Crippen LogP contribution is 2.23. The van der Waals surface area contributed by atoms with Gasteiger partial charge in [-0.15, -0.1) is 0 Å². The molecule has 0 spiro atoms. The summed E-state index contributed by atoms with van der Waals surface area (Å²) in [4.78, 5) is 0. The lowest BCUT2D eigenvalue weighted by Crippen LogP contribution is -2.71. The minimum Gasteiger partial charge on any atom is -0.375 e. The first-order chi connectivity index (χ1) is 9.53.